The third kappa shape index (κ3) is 4.25. The van der Waals surface area contributed by atoms with E-state index in [0.29, 0.717) is 26.1 Å². The molecular weight excluding hydrogens is 244 g/mol. The second-order valence-electron chi connectivity index (χ2n) is 4.16. The number of hydrogen-bond acceptors (Lipinski definition) is 5. The summed E-state index contributed by atoms with van der Waals surface area (Å²) in [5.74, 6) is -0.361. The van der Waals surface area contributed by atoms with Gasteiger partial charge in [0.25, 0.3) is 0 Å². The largest absolute Gasteiger partial charge is 0.469 e. The Morgan fingerprint density at radius 2 is 2.24 bits per heavy atom. The van der Waals surface area contributed by atoms with Gasteiger partial charge in [0.05, 0.1) is 12.9 Å². The van der Waals surface area contributed by atoms with Crippen LogP contribution in [0.2, 0.25) is 0 Å². The molecule has 0 spiro atoms. The SMILES string of the molecule is COC(=O)CCCS(=O)(=O)N1CCNC[C@H]1C. The van der Waals surface area contributed by atoms with Crippen molar-refractivity contribution in [1.29, 1.82) is 0 Å². The van der Waals surface area contributed by atoms with Crippen LogP contribution in [0.3, 0.4) is 0 Å². The number of carbonyl (C=O) groups excluding carboxylic acids is 1. The van der Waals surface area contributed by atoms with Crippen molar-refractivity contribution in [3.8, 4) is 0 Å². The summed E-state index contributed by atoms with van der Waals surface area (Å²) >= 11 is 0. The lowest BCUT2D eigenvalue weighted by atomic mass is 10.3. The summed E-state index contributed by atoms with van der Waals surface area (Å²) in [6.07, 6.45) is 0.460. The molecule has 0 aromatic heterocycles. The van der Waals surface area contributed by atoms with Crippen LogP contribution >= 0.6 is 0 Å². The summed E-state index contributed by atoms with van der Waals surface area (Å²) in [7, 11) is -1.95. The van der Waals surface area contributed by atoms with Crippen molar-refractivity contribution in [2.75, 3.05) is 32.5 Å². The highest BCUT2D eigenvalue weighted by atomic mass is 32.2. The maximum absolute atomic E-state index is 12.0. The molecule has 0 aromatic rings. The van der Waals surface area contributed by atoms with Gasteiger partial charge in [0.2, 0.25) is 10.0 Å². The number of nitrogens with zero attached hydrogens (tertiary/aromatic N) is 1. The van der Waals surface area contributed by atoms with E-state index in [1.165, 1.54) is 11.4 Å². The Hall–Kier alpha value is -0.660. The smallest absolute Gasteiger partial charge is 0.305 e. The highest BCUT2D eigenvalue weighted by molar-refractivity contribution is 7.89. The zero-order chi connectivity index (χ0) is 12.9. The molecule has 1 N–H and O–H groups in total. The zero-order valence-corrected chi connectivity index (χ0v) is 11.1. The molecule has 1 saturated heterocycles. The molecule has 1 aliphatic rings. The molecule has 0 unspecified atom stereocenters. The molecular formula is C10H20N2O4S. The first-order valence-electron chi connectivity index (χ1n) is 5.74. The number of esters is 1. The van der Waals surface area contributed by atoms with Gasteiger partial charge in [-0.05, 0) is 13.3 Å². The summed E-state index contributed by atoms with van der Waals surface area (Å²) in [4.78, 5) is 10.9. The van der Waals surface area contributed by atoms with Gasteiger partial charge in [-0.3, -0.25) is 4.79 Å². The Balaban J connectivity index is 2.47. The van der Waals surface area contributed by atoms with E-state index in [0.717, 1.165) is 0 Å². The van der Waals surface area contributed by atoms with Gasteiger partial charge in [-0.2, -0.15) is 4.31 Å². The van der Waals surface area contributed by atoms with Crippen LogP contribution in [0.25, 0.3) is 0 Å². The average molecular weight is 264 g/mol. The summed E-state index contributed by atoms with van der Waals surface area (Å²) < 4.78 is 30.0. The molecule has 100 valence electrons. The summed E-state index contributed by atoms with van der Waals surface area (Å²) in [6, 6.07) is -0.0214. The Kier molecular flexibility index (Phi) is 5.35. The van der Waals surface area contributed by atoms with Gasteiger partial charge in [-0.15, -0.1) is 0 Å². The van der Waals surface area contributed by atoms with Crippen LogP contribution in [0.15, 0.2) is 0 Å². The summed E-state index contributed by atoms with van der Waals surface area (Å²) in [5.41, 5.74) is 0. The van der Waals surface area contributed by atoms with E-state index in [1.54, 1.807) is 0 Å². The van der Waals surface area contributed by atoms with Gasteiger partial charge in [-0.1, -0.05) is 0 Å². The highest BCUT2D eigenvalue weighted by Gasteiger charge is 2.28. The minimum absolute atomic E-state index is 0.00639. The molecule has 1 heterocycles. The third-order valence-electron chi connectivity index (χ3n) is 2.81. The van der Waals surface area contributed by atoms with E-state index in [-0.39, 0.29) is 24.2 Å². The lowest BCUT2D eigenvalue weighted by Gasteiger charge is -2.32. The van der Waals surface area contributed by atoms with E-state index < -0.39 is 10.0 Å². The van der Waals surface area contributed by atoms with Crippen LogP contribution in [0, 0.1) is 0 Å². The van der Waals surface area contributed by atoms with Gasteiger partial charge in [0.1, 0.15) is 0 Å². The number of methoxy groups -OCH3 is 1. The monoisotopic (exact) mass is 264 g/mol. The number of piperazine rings is 1. The van der Waals surface area contributed by atoms with Crippen molar-refractivity contribution in [3.05, 3.63) is 0 Å². The van der Waals surface area contributed by atoms with E-state index in [1.807, 2.05) is 6.92 Å². The number of hydrogen-bond donors (Lipinski definition) is 1. The summed E-state index contributed by atoms with van der Waals surface area (Å²) in [5, 5.41) is 3.14. The zero-order valence-electron chi connectivity index (χ0n) is 10.3. The Morgan fingerprint density at radius 1 is 1.53 bits per heavy atom. The third-order valence-corrected chi connectivity index (χ3v) is 4.87. The van der Waals surface area contributed by atoms with Crippen LogP contribution in [0.4, 0.5) is 0 Å². The van der Waals surface area contributed by atoms with E-state index in [2.05, 4.69) is 10.1 Å². The number of carbonyl (C=O) groups is 1. The van der Waals surface area contributed by atoms with Crippen molar-refractivity contribution in [2.24, 2.45) is 0 Å². The fourth-order valence-electron chi connectivity index (χ4n) is 1.85. The highest BCUT2D eigenvalue weighted by Crippen LogP contribution is 2.11. The number of sulfonamides is 1. The first kappa shape index (κ1) is 14.4. The number of rotatable bonds is 5. The molecule has 0 aromatic carbocycles. The Morgan fingerprint density at radius 3 is 2.82 bits per heavy atom. The topological polar surface area (TPSA) is 75.7 Å². The van der Waals surface area contributed by atoms with Gasteiger partial charge in [0.15, 0.2) is 0 Å². The fourth-order valence-corrected chi connectivity index (χ4v) is 3.59. The van der Waals surface area contributed by atoms with E-state index >= 15 is 0 Å². The van der Waals surface area contributed by atoms with Crippen LogP contribution in [0.1, 0.15) is 19.8 Å². The van der Waals surface area contributed by atoms with Crippen molar-refractivity contribution in [1.82, 2.24) is 9.62 Å². The quantitative estimate of drug-likeness (QED) is 0.682. The second-order valence-corrected chi connectivity index (χ2v) is 6.20. The fraction of sp³-hybridized carbons (Fsp3) is 0.900. The van der Waals surface area contributed by atoms with Crippen molar-refractivity contribution in [3.63, 3.8) is 0 Å². The van der Waals surface area contributed by atoms with Crippen molar-refractivity contribution >= 4 is 16.0 Å². The van der Waals surface area contributed by atoms with Crippen molar-refractivity contribution < 1.29 is 17.9 Å². The van der Waals surface area contributed by atoms with Crippen LogP contribution in [0.5, 0.6) is 0 Å². The maximum atomic E-state index is 12.0. The maximum Gasteiger partial charge on any atom is 0.305 e. The van der Waals surface area contributed by atoms with Gasteiger partial charge >= 0.3 is 5.97 Å². The minimum atomic E-state index is -3.25. The molecule has 1 fully saturated rings. The van der Waals surface area contributed by atoms with Crippen molar-refractivity contribution in [2.45, 2.75) is 25.8 Å². The van der Waals surface area contributed by atoms with Crippen LogP contribution < -0.4 is 5.32 Å². The molecule has 1 aliphatic heterocycles. The van der Waals surface area contributed by atoms with E-state index in [9.17, 15) is 13.2 Å². The molecule has 0 aliphatic carbocycles. The second kappa shape index (κ2) is 6.32. The molecule has 1 rings (SSSR count). The van der Waals surface area contributed by atoms with E-state index in [4.69, 9.17) is 0 Å². The molecule has 17 heavy (non-hydrogen) atoms. The first-order chi connectivity index (χ1) is 7.97. The van der Waals surface area contributed by atoms with Crippen LogP contribution in [-0.4, -0.2) is 57.2 Å². The average Bonchev–Trinajstić information content (AvgIpc) is 2.28. The predicted molar refractivity (Wildman–Crippen MR) is 64.1 cm³/mol. The summed E-state index contributed by atoms with van der Waals surface area (Å²) in [6.45, 7) is 3.74. The number of nitrogens with one attached hydrogen (secondary N) is 1. The van der Waals surface area contributed by atoms with Gasteiger partial charge in [-0.25, -0.2) is 8.42 Å². The normalized spacial score (nSPS) is 22.4. The van der Waals surface area contributed by atoms with Crippen LogP contribution in [-0.2, 0) is 19.6 Å². The predicted octanol–water partition coefficient (Wildman–Crippen LogP) is -0.437. The molecule has 7 heteroatoms. The van der Waals surface area contributed by atoms with Gasteiger partial charge in [0, 0.05) is 32.1 Å². The minimum Gasteiger partial charge on any atom is -0.469 e. The molecule has 6 nitrogen and oxygen atoms in total. The molecule has 1 atom stereocenters. The Labute approximate surface area is 102 Å². The molecule has 0 saturated carbocycles. The standard InChI is InChI=1S/C10H20N2O4S/c1-9-8-11-5-6-12(9)17(14,15)7-3-4-10(13)16-2/h9,11H,3-8H2,1-2H3/t9-/m1/s1. The van der Waals surface area contributed by atoms with Gasteiger partial charge < -0.3 is 10.1 Å². The Bertz CT molecular complexity index is 355. The molecule has 0 radical (unpaired) electrons. The first-order valence-corrected chi connectivity index (χ1v) is 7.35. The lowest BCUT2D eigenvalue weighted by molar-refractivity contribution is -0.140. The number of ether oxygens (including phenoxy) is 1. The molecule has 0 bridgehead atoms. The molecule has 0 amide bonds. The lowest BCUT2D eigenvalue weighted by Crippen LogP contribution is -2.52.